The molecule has 3 N–H and O–H groups in total. The smallest absolute Gasteiger partial charge is 0.205 e. The highest BCUT2D eigenvalue weighted by Gasteiger charge is 2.16. The van der Waals surface area contributed by atoms with E-state index in [4.69, 9.17) is 17.3 Å². The second kappa shape index (κ2) is 5.45. The fourth-order valence-corrected chi connectivity index (χ4v) is 1.92. The standard InChI is InChI=1S/C10H6ClF3N4S/c11-5-1-6(12)4(8(13)9(5)14)2-16-18-10-17-7(15)3-19-10/h1-3H,15H2,(H,17,18). The number of hydrogen-bond donors (Lipinski definition) is 2. The molecule has 19 heavy (non-hydrogen) atoms. The molecule has 0 spiro atoms. The zero-order valence-corrected chi connectivity index (χ0v) is 10.7. The predicted molar refractivity (Wildman–Crippen MR) is 69.1 cm³/mol. The van der Waals surface area contributed by atoms with Crippen LogP contribution in [-0.4, -0.2) is 11.2 Å². The number of halogens is 4. The molecule has 4 nitrogen and oxygen atoms in total. The van der Waals surface area contributed by atoms with Crippen LogP contribution in [0.5, 0.6) is 0 Å². The fourth-order valence-electron chi connectivity index (χ4n) is 1.19. The largest absolute Gasteiger partial charge is 0.383 e. The first-order valence-corrected chi connectivity index (χ1v) is 6.08. The van der Waals surface area contributed by atoms with Crippen LogP contribution in [0.15, 0.2) is 16.5 Å². The highest BCUT2D eigenvalue weighted by Crippen LogP contribution is 2.22. The van der Waals surface area contributed by atoms with Crippen LogP contribution in [0, 0.1) is 17.5 Å². The maximum absolute atomic E-state index is 13.4. The molecule has 0 aliphatic carbocycles. The molecule has 0 bridgehead atoms. The number of nitrogens with two attached hydrogens (primary N) is 1. The summed E-state index contributed by atoms with van der Waals surface area (Å²) >= 11 is 6.44. The molecule has 2 aromatic rings. The summed E-state index contributed by atoms with van der Waals surface area (Å²) < 4.78 is 39.9. The minimum Gasteiger partial charge on any atom is -0.383 e. The molecule has 100 valence electrons. The Labute approximate surface area is 114 Å². The Balaban J connectivity index is 2.21. The van der Waals surface area contributed by atoms with Gasteiger partial charge in [0.25, 0.3) is 0 Å². The summed E-state index contributed by atoms with van der Waals surface area (Å²) in [6, 6.07) is 0.669. The molecule has 0 atom stereocenters. The Hall–Kier alpha value is -1.80. The molecule has 0 aliphatic heterocycles. The van der Waals surface area contributed by atoms with Crippen molar-refractivity contribution < 1.29 is 13.2 Å². The number of hydrazone groups is 1. The third-order valence-corrected chi connectivity index (χ3v) is 3.07. The van der Waals surface area contributed by atoms with Crippen LogP contribution < -0.4 is 11.2 Å². The van der Waals surface area contributed by atoms with Gasteiger partial charge in [-0.3, -0.25) is 5.43 Å². The molecule has 9 heteroatoms. The number of thiazole rings is 1. The first-order valence-electron chi connectivity index (χ1n) is 4.82. The van der Waals surface area contributed by atoms with Crippen molar-refractivity contribution in [1.82, 2.24) is 4.98 Å². The predicted octanol–water partition coefficient (Wildman–Crippen LogP) is 3.24. The molecule has 0 aliphatic rings. The minimum absolute atomic E-state index is 0.289. The Morgan fingerprint density at radius 1 is 1.37 bits per heavy atom. The van der Waals surface area contributed by atoms with E-state index in [0.29, 0.717) is 11.2 Å². The maximum atomic E-state index is 13.4. The molecule has 0 amide bonds. The number of anilines is 2. The summed E-state index contributed by atoms with van der Waals surface area (Å²) in [6.07, 6.45) is 0.793. The van der Waals surface area contributed by atoms with E-state index in [0.717, 1.165) is 17.6 Å². The Bertz CT molecular complexity index is 644. The van der Waals surface area contributed by atoms with E-state index in [1.54, 1.807) is 5.38 Å². The Morgan fingerprint density at radius 3 is 2.74 bits per heavy atom. The van der Waals surface area contributed by atoms with Crippen molar-refractivity contribution in [2.24, 2.45) is 5.10 Å². The van der Waals surface area contributed by atoms with Crippen LogP contribution in [0.4, 0.5) is 24.1 Å². The lowest BCUT2D eigenvalue weighted by molar-refractivity contribution is 0.493. The number of aromatic nitrogens is 1. The van der Waals surface area contributed by atoms with Gasteiger partial charge in [0.15, 0.2) is 11.6 Å². The summed E-state index contributed by atoms with van der Waals surface area (Å²) in [5.74, 6) is -3.47. The summed E-state index contributed by atoms with van der Waals surface area (Å²) in [5, 5.41) is 4.81. The third kappa shape index (κ3) is 2.96. The first-order chi connectivity index (χ1) is 8.99. The van der Waals surface area contributed by atoms with Crippen molar-refractivity contribution in [2.45, 2.75) is 0 Å². The second-order valence-corrected chi connectivity index (χ2v) is 4.59. The van der Waals surface area contributed by atoms with Crippen molar-refractivity contribution >= 4 is 40.1 Å². The van der Waals surface area contributed by atoms with Gasteiger partial charge in [0.2, 0.25) is 5.13 Å². The summed E-state index contributed by atoms with van der Waals surface area (Å²) in [5.41, 5.74) is 7.14. The summed E-state index contributed by atoms with van der Waals surface area (Å²) in [6.45, 7) is 0. The van der Waals surface area contributed by atoms with E-state index in [9.17, 15) is 13.2 Å². The lowest BCUT2D eigenvalue weighted by Gasteiger charge is -2.02. The summed E-state index contributed by atoms with van der Waals surface area (Å²) in [7, 11) is 0. The zero-order chi connectivity index (χ0) is 14.0. The molecular weight excluding hydrogens is 301 g/mol. The van der Waals surface area contributed by atoms with Crippen molar-refractivity contribution in [3.8, 4) is 0 Å². The van der Waals surface area contributed by atoms with Crippen LogP contribution in [0.3, 0.4) is 0 Å². The van der Waals surface area contributed by atoms with Gasteiger partial charge >= 0.3 is 0 Å². The van der Waals surface area contributed by atoms with Gasteiger partial charge in [-0.05, 0) is 6.07 Å². The van der Waals surface area contributed by atoms with E-state index in [1.807, 2.05) is 0 Å². The van der Waals surface area contributed by atoms with Gasteiger partial charge in [-0.15, -0.1) is 11.3 Å². The molecule has 2 rings (SSSR count). The van der Waals surface area contributed by atoms with E-state index >= 15 is 0 Å². The third-order valence-electron chi connectivity index (χ3n) is 2.03. The molecule has 1 aromatic carbocycles. The second-order valence-electron chi connectivity index (χ2n) is 3.33. The van der Waals surface area contributed by atoms with Gasteiger partial charge < -0.3 is 5.73 Å². The number of nitrogen functional groups attached to an aromatic ring is 1. The van der Waals surface area contributed by atoms with E-state index in [-0.39, 0.29) is 5.82 Å². The highest BCUT2D eigenvalue weighted by atomic mass is 35.5. The van der Waals surface area contributed by atoms with E-state index in [1.165, 1.54) is 0 Å². The molecule has 0 saturated heterocycles. The van der Waals surface area contributed by atoms with Gasteiger partial charge in [-0.25, -0.2) is 18.2 Å². The molecular formula is C10H6ClF3N4S. The van der Waals surface area contributed by atoms with Crippen molar-refractivity contribution in [2.75, 3.05) is 11.2 Å². The highest BCUT2D eigenvalue weighted by molar-refractivity contribution is 7.14. The molecule has 1 aromatic heterocycles. The zero-order valence-electron chi connectivity index (χ0n) is 9.12. The quantitative estimate of drug-likeness (QED) is 0.396. The SMILES string of the molecule is Nc1csc(NN=Cc2c(F)cc(Cl)c(F)c2F)n1. The van der Waals surface area contributed by atoms with Crippen LogP contribution >= 0.6 is 22.9 Å². The van der Waals surface area contributed by atoms with Gasteiger partial charge in [-0.1, -0.05) is 11.6 Å². The lowest BCUT2D eigenvalue weighted by atomic mass is 10.2. The number of nitrogens with zero attached hydrogens (tertiary/aromatic N) is 2. The van der Waals surface area contributed by atoms with Crippen molar-refractivity contribution in [3.63, 3.8) is 0 Å². The number of rotatable bonds is 3. The Morgan fingerprint density at radius 2 is 2.11 bits per heavy atom. The maximum Gasteiger partial charge on any atom is 0.205 e. The minimum atomic E-state index is -1.41. The number of benzene rings is 1. The van der Waals surface area contributed by atoms with E-state index in [2.05, 4.69) is 15.5 Å². The summed E-state index contributed by atoms with van der Waals surface area (Å²) in [4.78, 5) is 3.81. The molecule has 1 heterocycles. The van der Waals surface area contributed by atoms with Crippen molar-refractivity contribution in [1.29, 1.82) is 0 Å². The molecule has 0 unspecified atom stereocenters. The lowest BCUT2D eigenvalue weighted by Crippen LogP contribution is -2.00. The fraction of sp³-hybridized carbons (Fsp3) is 0. The average Bonchev–Trinajstić information content (AvgIpc) is 2.77. The van der Waals surface area contributed by atoms with Gasteiger partial charge in [0.05, 0.1) is 16.8 Å². The molecule has 0 fully saturated rings. The topological polar surface area (TPSA) is 63.3 Å². The number of hydrogen-bond acceptors (Lipinski definition) is 5. The van der Waals surface area contributed by atoms with E-state index < -0.39 is 28.0 Å². The first kappa shape index (κ1) is 13.6. The Kier molecular flexibility index (Phi) is 3.91. The number of nitrogens with one attached hydrogen (secondary N) is 1. The average molecular weight is 307 g/mol. The van der Waals surface area contributed by atoms with Gasteiger partial charge in [0, 0.05) is 5.38 Å². The van der Waals surface area contributed by atoms with Crippen molar-refractivity contribution in [3.05, 3.63) is 39.5 Å². The normalized spacial score (nSPS) is 11.2. The molecule has 0 radical (unpaired) electrons. The monoisotopic (exact) mass is 306 g/mol. The van der Waals surface area contributed by atoms with Gasteiger partial charge in [-0.2, -0.15) is 5.10 Å². The van der Waals surface area contributed by atoms with Crippen LogP contribution in [0.2, 0.25) is 5.02 Å². The van der Waals surface area contributed by atoms with Crippen LogP contribution in [-0.2, 0) is 0 Å². The van der Waals surface area contributed by atoms with Crippen LogP contribution in [0.1, 0.15) is 5.56 Å². The van der Waals surface area contributed by atoms with Gasteiger partial charge in [0.1, 0.15) is 11.6 Å². The van der Waals surface area contributed by atoms with Crippen LogP contribution in [0.25, 0.3) is 0 Å². The molecule has 0 saturated carbocycles.